The van der Waals surface area contributed by atoms with Crippen molar-refractivity contribution in [1.29, 1.82) is 5.26 Å². The van der Waals surface area contributed by atoms with E-state index in [1.165, 1.54) is 0 Å². The molecule has 102 valence electrons. The Kier molecular flexibility index (Phi) is 4.11. The van der Waals surface area contributed by atoms with Gasteiger partial charge in [0.1, 0.15) is 11.5 Å². The average Bonchev–Trinajstić information content (AvgIpc) is 2.47. The van der Waals surface area contributed by atoms with Gasteiger partial charge in [0, 0.05) is 11.8 Å². The molecule has 0 bridgehead atoms. The van der Waals surface area contributed by atoms with E-state index in [0.29, 0.717) is 5.56 Å². The minimum absolute atomic E-state index is 0.674. The molecule has 2 aromatic carbocycles. The van der Waals surface area contributed by atoms with E-state index in [1.54, 1.807) is 20.3 Å². The van der Waals surface area contributed by atoms with Crippen molar-refractivity contribution in [2.75, 3.05) is 19.5 Å². The Morgan fingerprint density at radius 2 is 1.85 bits per heavy atom. The highest BCUT2D eigenvalue weighted by molar-refractivity contribution is 5.69. The topological polar surface area (TPSA) is 54.3 Å². The van der Waals surface area contributed by atoms with E-state index in [-0.39, 0.29) is 0 Å². The monoisotopic (exact) mass is 268 g/mol. The normalized spacial score (nSPS) is 9.70. The molecule has 0 spiro atoms. The van der Waals surface area contributed by atoms with Gasteiger partial charge in [-0.05, 0) is 42.8 Å². The molecule has 0 saturated carbocycles. The Bertz CT molecular complexity index is 660. The number of hydrogen-bond donors (Lipinski definition) is 1. The molecule has 2 rings (SSSR count). The summed E-state index contributed by atoms with van der Waals surface area (Å²) in [5.41, 5.74) is 3.32. The number of rotatable bonds is 4. The van der Waals surface area contributed by atoms with Crippen molar-refractivity contribution >= 4 is 11.4 Å². The van der Waals surface area contributed by atoms with E-state index in [0.717, 1.165) is 28.4 Å². The van der Waals surface area contributed by atoms with Crippen LogP contribution in [0.5, 0.6) is 11.5 Å². The van der Waals surface area contributed by atoms with Crippen LogP contribution in [-0.2, 0) is 0 Å². The summed E-state index contributed by atoms with van der Waals surface area (Å²) in [7, 11) is 3.24. The van der Waals surface area contributed by atoms with Crippen LogP contribution in [0.15, 0.2) is 36.4 Å². The van der Waals surface area contributed by atoms with Crippen LogP contribution in [0.4, 0.5) is 11.4 Å². The molecule has 0 saturated heterocycles. The highest BCUT2D eigenvalue weighted by Gasteiger charge is 2.06. The Morgan fingerprint density at radius 3 is 2.45 bits per heavy atom. The van der Waals surface area contributed by atoms with Crippen molar-refractivity contribution in [3.05, 3.63) is 47.5 Å². The number of ether oxygens (including phenoxy) is 2. The van der Waals surface area contributed by atoms with Crippen LogP contribution in [0.25, 0.3) is 0 Å². The van der Waals surface area contributed by atoms with Crippen LogP contribution in [0.1, 0.15) is 11.1 Å². The smallest absolute Gasteiger partial charge is 0.142 e. The Labute approximate surface area is 118 Å². The van der Waals surface area contributed by atoms with E-state index in [1.807, 2.05) is 37.3 Å². The molecule has 1 N–H and O–H groups in total. The fraction of sp³-hybridized carbons (Fsp3) is 0.188. The predicted octanol–water partition coefficient (Wildman–Crippen LogP) is 3.63. The Morgan fingerprint density at radius 1 is 1.05 bits per heavy atom. The molecule has 0 aliphatic rings. The highest BCUT2D eigenvalue weighted by atomic mass is 16.5. The van der Waals surface area contributed by atoms with Crippen LogP contribution < -0.4 is 14.8 Å². The number of nitrogens with one attached hydrogen (secondary N) is 1. The van der Waals surface area contributed by atoms with Crippen molar-refractivity contribution in [1.82, 2.24) is 0 Å². The zero-order valence-electron chi connectivity index (χ0n) is 11.7. The lowest BCUT2D eigenvalue weighted by Crippen LogP contribution is -1.96. The van der Waals surface area contributed by atoms with Gasteiger partial charge in [0.05, 0.1) is 31.5 Å². The minimum Gasteiger partial charge on any atom is -0.497 e. The second-order valence-electron chi connectivity index (χ2n) is 4.33. The molecule has 0 radical (unpaired) electrons. The maximum absolute atomic E-state index is 8.94. The van der Waals surface area contributed by atoms with Gasteiger partial charge in [-0.3, -0.25) is 0 Å². The molecule has 0 fully saturated rings. The molecule has 0 aliphatic heterocycles. The van der Waals surface area contributed by atoms with E-state index >= 15 is 0 Å². The molecular weight excluding hydrogens is 252 g/mol. The average molecular weight is 268 g/mol. The summed E-state index contributed by atoms with van der Waals surface area (Å²) in [6.45, 7) is 1.91. The van der Waals surface area contributed by atoms with Crippen LogP contribution in [0.3, 0.4) is 0 Å². The summed E-state index contributed by atoms with van der Waals surface area (Å²) in [6.07, 6.45) is 0. The molecule has 4 heteroatoms. The molecular formula is C16H16N2O2. The summed E-state index contributed by atoms with van der Waals surface area (Å²) in [5.74, 6) is 1.48. The van der Waals surface area contributed by atoms with Crippen molar-refractivity contribution in [3.8, 4) is 17.6 Å². The molecule has 0 aromatic heterocycles. The predicted molar refractivity (Wildman–Crippen MR) is 78.7 cm³/mol. The lowest BCUT2D eigenvalue weighted by molar-refractivity contribution is 0.405. The first-order valence-electron chi connectivity index (χ1n) is 6.17. The summed E-state index contributed by atoms with van der Waals surface area (Å²) in [6, 6.07) is 13.3. The minimum atomic E-state index is 0.674. The summed E-state index contributed by atoms with van der Waals surface area (Å²) < 4.78 is 10.5. The van der Waals surface area contributed by atoms with E-state index < -0.39 is 0 Å². The molecule has 20 heavy (non-hydrogen) atoms. The summed E-state index contributed by atoms with van der Waals surface area (Å²) in [5, 5.41) is 12.2. The third-order valence-corrected chi connectivity index (χ3v) is 3.03. The number of benzene rings is 2. The molecule has 0 unspecified atom stereocenters. The zero-order chi connectivity index (χ0) is 14.5. The number of anilines is 2. The number of hydrogen-bond acceptors (Lipinski definition) is 4. The lowest BCUT2D eigenvalue weighted by Gasteiger charge is -2.13. The van der Waals surface area contributed by atoms with Crippen molar-refractivity contribution in [2.24, 2.45) is 0 Å². The Balaban J connectivity index is 2.34. The van der Waals surface area contributed by atoms with Crippen LogP contribution in [-0.4, -0.2) is 14.2 Å². The van der Waals surface area contributed by atoms with Crippen LogP contribution in [0.2, 0.25) is 0 Å². The second-order valence-corrected chi connectivity index (χ2v) is 4.33. The maximum Gasteiger partial charge on any atom is 0.142 e. The van der Waals surface area contributed by atoms with Crippen LogP contribution >= 0.6 is 0 Å². The van der Waals surface area contributed by atoms with Gasteiger partial charge in [-0.15, -0.1) is 0 Å². The first-order chi connectivity index (χ1) is 9.67. The van der Waals surface area contributed by atoms with Gasteiger partial charge in [0.15, 0.2) is 0 Å². The van der Waals surface area contributed by atoms with E-state index in [4.69, 9.17) is 14.7 Å². The zero-order valence-corrected chi connectivity index (χ0v) is 11.7. The SMILES string of the molecule is COc1ccc(OC)c(Nc2ccc(C#N)c(C)c2)c1. The number of nitrogens with zero attached hydrogens (tertiary/aromatic N) is 1. The molecule has 0 heterocycles. The van der Waals surface area contributed by atoms with E-state index in [9.17, 15) is 0 Å². The molecule has 4 nitrogen and oxygen atoms in total. The largest absolute Gasteiger partial charge is 0.497 e. The maximum atomic E-state index is 8.94. The van der Waals surface area contributed by atoms with Crippen LogP contribution in [0, 0.1) is 18.3 Å². The summed E-state index contributed by atoms with van der Waals surface area (Å²) >= 11 is 0. The van der Waals surface area contributed by atoms with Gasteiger partial charge in [0.25, 0.3) is 0 Å². The number of methoxy groups -OCH3 is 2. The van der Waals surface area contributed by atoms with Gasteiger partial charge in [-0.1, -0.05) is 0 Å². The molecule has 2 aromatic rings. The van der Waals surface area contributed by atoms with E-state index in [2.05, 4.69) is 11.4 Å². The highest BCUT2D eigenvalue weighted by Crippen LogP contribution is 2.31. The first kappa shape index (κ1) is 13.8. The van der Waals surface area contributed by atoms with Gasteiger partial charge >= 0.3 is 0 Å². The fourth-order valence-electron chi connectivity index (χ4n) is 1.93. The number of nitriles is 1. The van der Waals surface area contributed by atoms with Crippen molar-refractivity contribution < 1.29 is 9.47 Å². The third kappa shape index (κ3) is 2.83. The molecule has 0 amide bonds. The second kappa shape index (κ2) is 5.98. The third-order valence-electron chi connectivity index (χ3n) is 3.03. The standard InChI is InChI=1S/C16H16N2O2/c1-11-8-13(5-4-12(11)10-17)18-15-9-14(19-2)6-7-16(15)20-3/h4-9,18H,1-3H3. The lowest BCUT2D eigenvalue weighted by atomic mass is 10.1. The quantitative estimate of drug-likeness (QED) is 0.920. The summed E-state index contributed by atoms with van der Waals surface area (Å²) in [4.78, 5) is 0. The van der Waals surface area contributed by atoms with Crippen molar-refractivity contribution in [3.63, 3.8) is 0 Å². The van der Waals surface area contributed by atoms with Crippen molar-refractivity contribution in [2.45, 2.75) is 6.92 Å². The Hall–Kier alpha value is -2.67. The number of aryl methyl sites for hydroxylation is 1. The van der Waals surface area contributed by atoms with Gasteiger partial charge in [-0.2, -0.15) is 5.26 Å². The van der Waals surface area contributed by atoms with Gasteiger partial charge < -0.3 is 14.8 Å². The molecule has 0 aliphatic carbocycles. The van der Waals surface area contributed by atoms with Gasteiger partial charge in [0.2, 0.25) is 0 Å². The van der Waals surface area contributed by atoms with Gasteiger partial charge in [-0.25, -0.2) is 0 Å². The first-order valence-corrected chi connectivity index (χ1v) is 6.17. The fourth-order valence-corrected chi connectivity index (χ4v) is 1.93. The molecule has 0 atom stereocenters.